The number of para-hydroxylation sites is 1. The van der Waals surface area contributed by atoms with Crippen molar-refractivity contribution in [2.75, 3.05) is 6.61 Å². The van der Waals surface area contributed by atoms with Gasteiger partial charge in [-0.1, -0.05) is 31.5 Å². The van der Waals surface area contributed by atoms with Gasteiger partial charge in [0.05, 0.1) is 23.1 Å². The number of nitrogens with zero attached hydrogens (tertiary/aromatic N) is 1. The van der Waals surface area contributed by atoms with Crippen molar-refractivity contribution in [2.24, 2.45) is 0 Å². The molecule has 0 amide bonds. The molecule has 0 aliphatic rings. The number of furan rings is 1. The summed E-state index contributed by atoms with van der Waals surface area (Å²) < 4.78 is 11.9. The van der Waals surface area contributed by atoms with Crippen molar-refractivity contribution in [3.05, 3.63) is 59.2 Å². The Morgan fingerprint density at radius 3 is 2.69 bits per heavy atom. The van der Waals surface area contributed by atoms with E-state index < -0.39 is 5.97 Å². The van der Waals surface area contributed by atoms with Gasteiger partial charge in [-0.3, -0.25) is 0 Å². The first-order chi connectivity index (χ1) is 14.0. The average Bonchev–Trinajstić information content (AvgIpc) is 3.04. The fraction of sp³-hybridized carbons (Fsp3) is 0.250. The summed E-state index contributed by atoms with van der Waals surface area (Å²) in [5.74, 6) is 0.133. The highest BCUT2D eigenvalue weighted by Gasteiger charge is 2.21. The zero-order valence-electron chi connectivity index (χ0n) is 16.8. The van der Waals surface area contributed by atoms with Crippen molar-refractivity contribution in [3.63, 3.8) is 0 Å². The van der Waals surface area contributed by atoms with E-state index in [1.54, 1.807) is 6.07 Å². The van der Waals surface area contributed by atoms with Crippen molar-refractivity contribution in [1.29, 1.82) is 0 Å². The van der Waals surface area contributed by atoms with Gasteiger partial charge in [0.2, 0.25) is 0 Å². The fourth-order valence-electron chi connectivity index (χ4n) is 3.61. The number of unbranched alkanes of at least 4 members (excludes halogenated alkanes) is 1. The van der Waals surface area contributed by atoms with Crippen LogP contribution in [0.15, 0.2) is 46.9 Å². The summed E-state index contributed by atoms with van der Waals surface area (Å²) >= 11 is 0. The molecule has 0 saturated carbocycles. The van der Waals surface area contributed by atoms with E-state index in [2.05, 4.69) is 6.92 Å². The average molecular weight is 389 g/mol. The normalized spacial score (nSPS) is 11.3. The molecule has 0 atom stereocenters. The molecule has 0 unspecified atom stereocenters. The lowest BCUT2D eigenvalue weighted by Crippen LogP contribution is -2.04. The van der Waals surface area contributed by atoms with E-state index in [0.717, 1.165) is 34.9 Å². The second-order valence-corrected chi connectivity index (χ2v) is 7.27. The highest BCUT2D eigenvalue weighted by Crippen LogP contribution is 2.36. The minimum absolute atomic E-state index is 0.163. The number of fused-ring (bicyclic) bond motifs is 2. The Labute approximate surface area is 168 Å². The van der Waals surface area contributed by atoms with Gasteiger partial charge in [-0.25, -0.2) is 9.78 Å². The summed E-state index contributed by atoms with van der Waals surface area (Å²) in [6.45, 7) is 6.54. The lowest BCUT2D eigenvalue weighted by Gasteiger charge is -2.13. The van der Waals surface area contributed by atoms with Gasteiger partial charge >= 0.3 is 5.97 Å². The van der Waals surface area contributed by atoms with Crippen LogP contribution >= 0.6 is 0 Å². The molecule has 5 nitrogen and oxygen atoms in total. The Hall–Kier alpha value is -3.34. The summed E-state index contributed by atoms with van der Waals surface area (Å²) in [5, 5.41) is 11.4. The summed E-state index contributed by atoms with van der Waals surface area (Å²) in [6.07, 6.45) is 1.91. The zero-order valence-corrected chi connectivity index (χ0v) is 16.8. The molecule has 4 rings (SSSR count). The number of carboxylic acid groups (broad SMARTS) is 1. The van der Waals surface area contributed by atoms with Crippen LogP contribution in [0.5, 0.6) is 5.75 Å². The van der Waals surface area contributed by atoms with Crippen LogP contribution in [0.4, 0.5) is 0 Å². The Balaban J connectivity index is 1.95. The second-order valence-electron chi connectivity index (χ2n) is 7.27. The molecule has 2 aromatic carbocycles. The number of aromatic carboxylic acids is 1. The van der Waals surface area contributed by atoms with E-state index in [4.69, 9.17) is 14.1 Å². The number of carboxylic acids is 1. The third-order valence-electron chi connectivity index (χ3n) is 5.08. The van der Waals surface area contributed by atoms with Crippen LogP contribution in [-0.2, 0) is 0 Å². The van der Waals surface area contributed by atoms with E-state index in [9.17, 15) is 9.90 Å². The maximum absolute atomic E-state index is 12.1. The molecule has 0 saturated heterocycles. The van der Waals surface area contributed by atoms with Crippen molar-refractivity contribution in [2.45, 2.75) is 33.6 Å². The van der Waals surface area contributed by atoms with Crippen LogP contribution in [0.25, 0.3) is 33.3 Å². The van der Waals surface area contributed by atoms with Crippen LogP contribution in [-0.4, -0.2) is 22.7 Å². The largest absolute Gasteiger partial charge is 0.493 e. The predicted molar refractivity (Wildman–Crippen MR) is 114 cm³/mol. The van der Waals surface area contributed by atoms with Crippen molar-refractivity contribution < 1.29 is 19.1 Å². The quantitative estimate of drug-likeness (QED) is 0.401. The number of pyridine rings is 1. The standard InChI is InChI=1S/C24H23NO4/c1-4-5-10-28-21-12-14(2)11-18-22(21)17(24(26)27)13-19(25-18)23-15(3)16-8-6-7-9-20(16)29-23/h6-9,11-13H,4-5,10H2,1-3H3,(H,26,27). The molecule has 0 aliphatic heterocycles. The van der Waals surface area contributed by atoms with Crippen LogP contribution in [0.2, 0.25) is 0 Å². The van der Waals surface area contributed by atoms with Crippen molar-refractivity contribution in [3.8, 4) is 17.2 Å². The molecule has 2 heterocycles. The second kappa shape index (κ2) is 7.59. The number of carbonyl (C=O) groups is 1. The minimum atomic E-state index is -1.02. The maximum Gasteiger partial charge on any atom is 0.336 e. The lowest BCUT2D eigenvalue weighted by molar-refractivity contribution is 0.0698. The van der Waals surface area contributed by atoms with Gasteiger partial charge in [0.25, 0.3) is 0 Å². The van der Waals surface area contributed by atoms with E-state index in [0.29, 0.717) is 34.7 Å². The molecular formula is C24H23NO4. The summed E-state index contributed by atoms with van der Waals surface area (Å²) in [6, 6.07) is 13.1. The van der Waals surface area contributed by atoms with Gasteiger partial charge in [0.15, 0.2) is 5.76 Å². The number of rotatable bonds is 6. The lowest BCUT2D eigenvalue weighted by atomic mass is 10.0. The van der Waals surface area contributed by atoms with Crippen molar-refractivity contribution >= 4 is 27.8 Å². The van der Waals surface area contributed by atoms with Crippen molar-refractivity contribution in [1.82, 2.24) is 4.98 Å². The van der Waals surface area contributed by atoms with E-state index in [1.807, 2.05) is 50.2 Å². The van der Waals surface area contributed by atoms with E-state index in [1.165, 1.54) is 0 Å². The number of hydrogen-bond acceptors (Lipinski definition) is 4. The first kappa shape index (κ1) is 19.0. The number of aromatic nitrogens is 1. The van der Waals surface area contributed by atoms with E-state index in [-0.39, 0.29) is 5.56 Å². The molecule has 29 heavy (non-hydrogen) atoms. The Kier molecular flexibility index (Phi) is 4.97. The fourth-order valence-corrected chi connectivity index (χ4v) is 3.61. The predicted octanol–water partition coefficient (Wildman–Crippen LogP) is 6.14. The molecule has 0 bridgehead atoms. The number of hydrogen-bond donors (Lipinski definition) is 1. The summed E-state index contributed by atoms with van der Waals surface area (Å²) in [7, 11) is 0. The van der Waals surface area contributed by atoms with Gasteiger partial charge in [0, 0.05) is 10.9 Å². The van der Waals surface area contributed by atoms with Crippen LogP contribution in [0, 0.1) is 13.8 Å². The molecule has 2 aromatic heterocycles. The molecule has 1 N–H and O–H groups in total. The number of ether oxygens (including phenoxy) is 1. The Morgan fingerprint density at radius 1 is 1.17 bits per heavy atom. The first-order valence-corrected chi connectivity index (χ1v) is 9.79. The summed E-state index contributed by atoms with van der Waals surface area (Å²) in [4.78, 5) is 16.9. The van der Waals surface area contributed by atoms with Crippen LogP contribution < -0.4 is 4.74 Å². The van der Waals surface area contributed by atoms with Gasteiger partial charge in [-0.2, -0.15) is 0 Å². The monoisotopic (exact) mass is 389 g/mol. The Morgan fingerprint density at radius 2 is 1.97 bits per heavy atom. The van der Waals surface area contributed by atoms with Gasteiger partial charge < -0.3 is 14.3 Å². The van der Waals surface area contributed by atoms with Gasteiger partial charge in [-0.15, -0.1) is 0 Å². The Bertz CT molecular complexity index is 1220. The highest BCUT2D eigenvalue weighted by molar-refractivity contribution is 6.06. The molecule has 148 valence electrons. The third kappa shape index (κ3) is 3.44. The van der Waals surface area contributed by atoms with E-state index >= 15 is 0 Å². The van der Waals surface area contributed by atoms with Crippen LogP contribution in [0.3, 0.4) is 0 Å². The maximum atomic E-state index is 12.1. The molecule has 0 aliphatic carbocycles. The minimum Gasteiger partial charge on any atom is -0.493 e. The van der Waals surface area contributed by atoms with Crippen LogP contribution in [0.1, 0.15) is 41.3 Å². The molecule has 0 radical (unpaired) electrons. The SMILES string of the molecule is CCCCOc1cc(C)cc2nc(-c3oc4ccccc4c3C)cc(C(=O)O)c12. The molecule has 4 aromatic rings. The molecule has 5 heteroatoms. The molecule has 0 spiro atoms. The highest BCUT2D eigenvalue weighted by atomic mass is 16.5. The number of aryl methyl sites for hydroxylation is 2. The van der Waals surface area contributed by atoms with Gasteiger partial charge in [0.1, 0.15) is 17.0 Å². The topological polar surface area (TPSA) is 72.6 Å². The summed E-state index contributed by atoms with van der Waals surface area (Å²) in [5.41, 5.74) is 3.92. The van der Waals surface area contributed by atoms with Gasteiger partial charge in [-0.05, 0) is 50.1 Å². The molecule has 0 fully saturated rings. The number of benzene rings is 2. The molecular weight excluding hydrogens is 366 g/mol. The third-order valence-corrected chi connectivity index (χ3v) is 5.08. The smallest absolute Gasteiger partial charge is 0.336 e. The zero-order chi connectivity index (χ0) is 20.5. The first-order valence-electron chi connectivity index (χ1n) is 9.79.